The van der Waals surface area contributed by atoms with Crippen LogP contribution in [0.4, 0.5) is 0 Å². The van der Waals surface area contributed by atoms with Gasteiger partial charge in [0.15, 0.2) is 0 Å². The zero-order valence-electron chi connectivity index (χ0n) is 12.7. The molecule has 0 amide bonds. The highest BCUT2D eigenvalue weighted by Gasteiger charge is 2.16. The molecule has 1 aliphatic rings. The Labute approximate surface area is 122 Å². The summed E-state index contributed by atoms with van der Waals surface area (Å²) in [4.78, 5) is 0. The summed E-state index contributed by atoms with van der Waals surface area (Å²) in [6.45, 7) is 7.03. The first-order valence-electron chi connectivity index (χ1n) is 7.91. The van der Waals surface area contributed by atoms with Crippen molar-refractivity contribution in [2.24, 2.45) is 0 Å². The van der Waals surface area contributed by atoms with Crippen molar-refractivity contribution in [1.29, 1.82) is 0 Å². The highest BCUT2D eigenvalue weighted by molar-refractivity contribution is 5.29. The molecule has 0 aliphatic carbocycles. The lowest BCUT2D eigenvalue weighted by molar-refractivity contribution is 0.0679. The summed E-state index contributed by atoms with van der Waals surface area (Å²) >= 11 is 0. The van der Waals surface area contributed by atoms with Crippen LogP contribution in [-0.4, -0.2) is 25.9 Å². The molecule has 0 spiro atoms. The molecule has 3 nitrogen and oxygen atoms in total. The molecule has 1 saturated heterocycles. The van der Waals surface area contributed by atoms with E-state index in [1.807, 2.05) is 0 Å². The average molecular weight is 277 g/mol. The Morgan fingerprint density at radius 2 is 2.10 bits per heavy atom. The van der Waals surface area contributed by atoms with Gasteiger partial charge in [0.1, 0.15) is 12.4 Å². The van der Waals surface area contributed by atoms with Gasteiger partial charge in [0.25, 0.3) is 0 Å². The quantitative estimate of drug-likeness (QED) is 0.786. The van der Waals surface area contributed by atoms with Gasteiger partial charge in [-0.2, -0.15) is 0 Å². The summed E-state index contributed by atoms with van der Waals surface area (Å²) < 4.78 is 11.4. The van der Waals surface area contributed by atoms with E-state index in [1.54, 1.807) is 0 Å². The fraction of sp³-hybridized carbons (Fsp3) is 0.647. The van der Waals surface area contributed by atoms with E-state index in [4.69, 9.17) is 9.47 Å². The van der Waals surface area contributed by atoms with Crippen LogP contribution in [0, 0.1) is 0 Å². The van der Waals surface area contributed by atoms with E-state index in [0.29, 0.717) is 12.6 Å². The minimum Gasteiger partial charge on any atom is -0.491 e. The molecule has 2 rings (SSSR count). The highest BCUT2D eigenvalue weighted by atomic mass is 16.5. The van der Waals surface area contributed by atoms with E-state index in [-0.39, 0.29) is 6.10 Å². The Morgan fingerprint density at radius 1 is 1.30 bits per heavy atom. The van der Waals surface area contributed by atoms with Crippen LogP contribution in [0.15, 0.2) is 24.3 Å². The molecule has 1 aliphatic heterocycles. The first-order chi connectivity index (χ1) is 9.83. The molecule has 0 saturated carbocycles. The third-order valence-electron chi connectivity index (χ3n) is 3.79. The summed E-state index contributed by atoms with van der Waals surface area (Å²) in [5.74, 6) is 0.939. The van der Waals surface area contributed by atoms with Gasteiger partial charge in [0.05, 0.1) is 6.10 Å². The largest absolute Gasteiger partial charge is 0.491 e. The maximum atomic E-state index is 5.79. The molecular formula is C17H27NO2. The zero-order chi connectivity index (χ0) is 14.2. The second-order valence-electron chi connectivity index (χ2n) is 5.43. The summed E-state index contributed by atoms with van der Waals surface area (Å²) in [6, 6.07) is 8.92. The highest BCUT2D eigenvalue weighted by Crippen LogP contribution is 2.21. The van der Waals surface area contributed by atoms with Crippen molar-refractivity contribution in [3.8, 4) is 5.75 Å². The number of hydrogen-bond donors (Lipinski definition) is 1. The van der Waals surface area contributed by atoms with Gasteiger partial charge in [-0.25, -0.2) is 0 Å². The van der Waals surface area contributed by atoms with E-state index >= 15 is 0 Å². The average Bonchev–Trinajstić information content (AvgIpc) is 3.00. The maximum absolute atomic E-state index is 5.79. The van der Waals surface area contributed by atoms with Crippen molar-refractivity contribution < 1.29 is 9.47 Å². The van der Waals surface area contributed by atoms with Crippen LogP contribution in [0.25, 0.3) is 0 Å². The molecule has 0 radical (unpaired) electrons. The van der Waals surface area contributed by atoms with Crippen LogP contribution < -0.4 is 10.1 Å². The molecule has 1 N–H and O–H groups in total. The summed E-state index contributed by atoms with van der Waals surface area (Å²) in [5, 5.41) is 3.57. The van der Waals surface area contributed by atoms with Crippen molar-refractivity contribution in [1.82, 2.24) is 5.32 Å². The van der Waals surface area contributed by atoms with E-state index < -0.39 is 0 Å². The fourth-order valence-corrected chi connectivity index (χ4v) is 2.58. The Balaban J connectivity index is 1.84. The second-order valence-corrected chi connectivity index (χ2v) is 5.43. The predicted octanol–water partition coefficient (Wildman–Crippen LogP) is 3.70. The third kappa shape index (κ3) is 4.50. The van der Waals surface area contributed by atoms with Crippen molar-refractivity contribution in [2.75, 3.05) is 19.8 Å². The lowest BCUT2D eigenvalue weighted by atomic mass is 10.0. The SMILES string of the molecule is CCCNC(CC)c1ccc(OCC2CCCO2)cc1. The predicted molar refractivity (Wildman–Crippen MR) is 82.2 cm³/mol. The Kier molecular flexibility index (Phi) is 6.34. The molecule has 1 aromatic rings. The Hall–Kier alpha value is -1.06. The molecule has 2 atom stereocenters. The van der Waals surface area contributed by atoms with E-state index in [0.717, 1.165) is 38.2 Å². The molecule has 1 heterocycles. The van der Waals surface area contributed by atoms with Crippen LogP contribution in [0.1, 0.15) is 51.1 Å². The molecule has 1 fully saturated rings. The topological polar surface area (TPSA) is 30.5 Å². The van der Waals surface area contributed by atoms with Crippen molar-refractivity contribution in [2.45, 2.75) is 51.7 Å². The summed E-state index contributed by atoms with van der Waals surface area (Å²) in [5.41, 5.74) is 1.34. The molecule has 112 valence electrons. The number of rotatable bonds is 8. The van der Waals surface area contributed by atoms with Crippen LogP contribution >= 0.6 is 0 Å². The van der Waals surface area contributed by atoms with Gasteiger partial charge in [-0.15, -0.1) is 0 Å². The normalized spacial score (nSPS) is 20.0. The molecule has 2 unspecified atom stereocenters. The van der Waals surface area contributed by atoms with Gasteiger partial charge in [-0.1, -0.05) is 26.0 Å². The number of benzene rings is 1. The van der Waals surface area contributed by atoms with Crippen LogP contribution in [0.3, 0.4) is 0 Å². The van der Waals surface area contributed by atoms with E-state index in [1.165, 1.54) is 12.0 Å². The Morgan fingerprint density at radius 3 is 2.70 bits per heavy atom. The van der Waals surface area contributed by atoms with Gasteiger partial charge >= 0.3 is 0 Å². The molecular weight excluding hydrogens is 250 g/mol. The van der Waals surface area contributed by atoms with Crippen LogP contribution in [0.5, 0.6) is 5.75 Å². The number of hydrogen-bond acceptors (Lipinski definition) is 3. The van der Waals surface area contributed by atoms with Gasteiger partial charge in [0.2, 0.25) is 0 Å². The number of ether oxygens (including phenoxy) is 2. The fourth-order valence-electron chi connectivity index (χ4n) is 2.58. The lowest BCUT2D eigenvalue weighted by Gasteiger charge is -2.18. The number of nitrogens with one attached hydrogen (secondary N) is 1. The summed E-state index contributed by atoms with van der Waals surface area (Å²) in [7, 11) is 0. The second kappa shape index (κ2) is 8.28. The van der Waals surface area contributed by atoms with Gasteiger partial charge < -0.3 is 14.8 Å². The van der Waals surface area contributed by atoms with E-state index in [9.17, 15) is 0 Å². The first-order valence-corrected chi connectivity index (χ1v) is 7.91. The first kappa shape index (κ1) is 15.3. The third-order valence-corrected chi connectivity index (χ3v) is 3.79. The standard InChI is InChI=1S/C17H27NO2/c1-3-11-18-17(4-2)14-7-9-15(10-8-14)20-13-16-6-5-12-19-16/h7-10,16-18H,3-6,11-13H2,1-2H3. The minimum atomic E-state index is 0.282. The molecule has 0 bridgehead atoms. The van der Waals surface area contributed by atoms with Crippen molar-refractivity contribution in [3.05, 3.63) is 29.8 Å². The monoisotopic (exact) mass is 277 g/mol. The lowest BCUT2D eigenvalue weighted by Crippen LogP contribution is -2.21. The minimum absolute atomic E-state index is 0.282. The molecule has 1 aromatic carbocycles. The maximum Gasteiger partial charge on any atom is 0.119 e. The van der Waals surface area contributed by atoms with Gasteiger partial charge in [-0.05, 0) is 49.9 Å². The van der Waals surface area contributed by atoms with Crippen molar-refractivity contribution in [3.63, 3.8) is 0 Å². The molecule has 0 aromatic heterocycles. The van der Waals surface area contributed by atoms with E-state index in [2.05, 4.69) is 43.4 Å². The van der Waals surface area contributed by atoms with Gasteiger partial charge in [0, 0.05) is 12.6 Å². The van der Waals surface area contributed by atoms with Crippen LogP contribution in [0.2, 0.25) is 0 Å². The van der Waals surface area contributed by atoms with Crippen LogP contribution in [-0.2, 0) is 4.74 Å². The summed E-state index contributed by atoms with van der Waals surface area (Å²) in [6.07, 6.45) is 4.84. The van der Waals surface area contributed by atoms with Crippen molar-refractivity contribution >= 4 is 0 Å². The smallest absolute Gasteiger partial charge is 0.119 e. The molecule has 3 heteroatoms. The molecule has 20 heavy (non-hydrogen) atoms. The zero-order valence-corrected chi connectivity index (χ0v) is 12.7. The Bertz CT molecular complexity index is 371. The van der Waals surface area contributed by atoms with Gasteiger partial charge in [-0.3, -0.25) is 0 Å².